The van der Waals surface area contributed by atoms with Crippen LogP contribution < -0.4 is 0 Å². The van der Waals surface area contributed by atoms with Gasteiger partial charge in [-0.3, -0.25) is 9.69 Å². The van der Waals surface area contributed by atoms with Gasteiger partial charge < -0.3 is 10.0 Å². The van der Waals surface area contributed by atoms with E-state index in [4.69, 9.17) is 5.11 Å². The van der Waals surface area contributed by atoms with Gasteiger partial charge in [0.15, 0.2) is 0 Å². The molecular formula is C15H25F3N2O2. The van der Waals surface area contributed by atoms with Crippen molar-refractivity contribution in [1.29, 1.82) is 0 Å². The molecule has 2 unspecified atom stereocenters. The van der Waals surface area contributed by atoms with Crippen molar-refractivity contribution in [1.82, 2.24) is 9.80 Å². The largest absolute Gasteiger partial charge is 0.396 e. The number of rotatable bonds is 4. The van der Waals surface area contributed by atoms with Crippen LogP contribution in [0.15, 0.2) is 0 Å². The Kier molecular flexibility index (Phi) is 6.09. The van der Waals surface area contributed by atoms with Crippen molar-refractivity contribution in [2.24, 2.45) is 5.92 Å². The zero-order valence-electron chi connectivity index (χ0n) is 12.8. The highest BCUT2D eigenvalue weighted by Gasteiger charge is 2.42. The molecule has 2 heterocycles. The topological polar surface area (TPSA) is 43.8 Å². The van der Waals surface area contributed by atoms with E-state index in [0.29, 0.717) is 19.4 Å². The van der Waals surface area contributed by atoms with Crippen LogP contribution in [0.2, 0.25) is 0 Å². The summed E-state index contributed by atoms with van der Waals surface area (Å²) in [6.07, 6.45) is -0.0449. The van der Waals surface area contributed by atoms with Crippen molar-refractivity contribution in [2.45, 2.75) is 50.7 Å². The monoisotopic (exact) mass is 322 g/mol. The number of piperidine rings is 2. The first-order chi connectivity index (χ1) is 10.4. The van der Waals surface area contributed by atoms with Gasteiger partial charge in [0.1, 0.15) is 0 Å². The Bertz CT molecular complexity index is 374. The summed E-state index contributed by atoms with van der Waals surface area (Å²) < 4.78 is 38.5. The van der Waals surface area contributed by atoms with Crippen LogP contribution in [0.5, 0.6) is 0 Å². The minimum Gasteiger partial charge on any atom is -0.396 e. The number of aliphatic hydroxyl groups excluding tert-OH is 1. The van der Waals surface area contributed by atoms with Crippen LogP contribution in [0, 0.1) is 5.92 Å². The molecule has 2 atom stereocenters. The molecule has 128 valence electrons. The maximum Gasteiger partial charge on any atom is 0.393 e. The highest BCUT2D eigenvalue weighted by atomic mass is 19.4. The summed E-state index contributed by atoms with van der Waals surface area (Å²) in [7, 11) is 0. The predicted octanol–water partition coefficient (Wildman–Crippen LogP) is 2.02. The zero-order chi connectivity index (χ0) is 16.2. The summed E-state index contributed by atoms with van der Waals surface area (Å²) in [6, 6.07) is 0.172. The van der Waals surface area contributed by atoms with Gasteiger partial charge in [-0.15, -0.1) is 0 Å². The van der Waals surface area contributed by atoms with E-state index in [1.54, 1.807) is 0 Å². The molecule has 2 rings (SSSR count). The average molecular weight is 322 g/mol. The van der Waals surface area contributed by atoms with Crippen molar-refractivity contribution >= 4 is 5.91 Å². The second kappa shape index (κ2) is 7.64. The summed E-state index contributed by atoms with van der Waals surface area (Å²) in [6.45, 7) is 1.25. The molecule has 7 heteroatoms. The van der Waals surface area contributed by atoms with Gasteiger partial charge in [-0.2, -0.15) is 13.2 Å². The molecule has 0 aliphatic carbocycles. The van der Waals surface area contributed by atoms with Gasteiger partial charge in [0, 0.05) is 25.7 Å². The molecule has 2 aliphatic rings. The molecule has 0 saturated carbocycles. The second-order valence-corrected chi connectivity index (χ2v) is 6.35. The van der Waals surface area contributed by atoms with Gasteiger partial charge in [-0.1, -0.05) is 6.42 Å². The van der Waals surface area contributed by atoms with Crippen molar-refractivity contribution in [3.8, 4) is 0 Å². The van der Waals surface area contributed by atoms with Crippen LogP contribution in [-0.2, 0) is 4.79 Å². The highest BCUT2D eigenvalue weighted by molar-refractivity contribution is 5.78. The first-order valence-corrected chi connectivity index (χ1v) is 8.11. The Hall–Kier alpha value is -0.820. The van der Waals surface area contributed by atoms with E-state index >= 15 is 0 Å². The molecule has 2 aliphatic heterocycles. The van der Waals surface area contributed by atoms with E-state index < -0.39 is 12.1 Å². The fraction of sp³-hybridized carbons (Fsp3) is 0.933. The van der Waals surface area contributed by atoms with Crippen LogP contribution in [0.1, 0.15) is 38.5 Å². The molecule has 0 spiro atoms. The third-order valence-corrected chi connectivity index (χ3v) is 4.79. The number of nitrogens with zero attached hydrogens (tertiary/aromatic N) is 2. The lowest BCUT2D eigenvalue weighted by Crippen LogP contribution is -2.50. The summed E-state index contributed by atoms with van der Waals surface area (Å²) in [4.78, 5) is 15.7. The number of alkyl halides is 3. The Labute approximate surface area is 129 Å². The van der Waals surface area contributed by atoms with Gasteiger partial charge in [-0.25, -0.2) is 0 Å². The number of hydrogen-bond acceptors (Lipinski definition) is 3. The lowest BCUT2D eigenvalue weighted by atomic mass is 9.97. The molecule has 1 N–H and O–H groups in total. The first-order valence-electron chi connectivity index (χ1n) is 8.11. The van der Waals surface area contributed by atoms with Crippen molar-refractivity contribution < 1.29 is 23.1 Å². The summed E-state index contributed by atoms with van der Waals surface area (Å²) >= 11 is 0. The summed E-state index contributed by atoms with van der Waals surface area (Å²) in [5.74, 6) is -1.60. The molecule has 1 amide bonds. The van der Waals surface area contributed by atoms with E-state index in [1.165, 1.54) is 4.90 Å². The van der Waals surface area contributed by atoms with E-state index in [9.17, 15) is 18.0 Å². The number of halogens is 3. The number of carbonyl (C=O) groups excluding carboxylic acids is 1. The van der Waals surface area contributed by atoms with Crippen molar-refractivity contribution in [3.63, 3.8) is 0 Å². The Morgan fingerprint density at radius 1 is 1.14 bits per heavy atom. The Morgan fingerprint density at radius 3 is 2.59 bits per heavy atom. The fourth-order valence-electron chi connectivity index (χ4n) is 3.49. The Balaban J connectivity index is 1.90. The van der Waals surface area contributed by atoms with Crippen molar-refractivity contribution in [3.05, 3.63) is 0 Å². The lowest BCUT2D eigenvalue weighted by molar-refractivity contribution is -0.188. The number of hydrogen-bond donors (Lipinski definition) is 1. The molecule has 0 aromatic rings. The van der Waals surface area contributed by atoms with E-state index in [2.05, 4.69) is 0 Å². The fourth-order valence-corrected chi connectivity index (χ4v) is 3.49. The van der Waals surface area contributed by atoms with Crippen LogP contribution in [0.4, 0.5) is 13.2 Å². The molecule has 4 nitrogen and oxygen atoms in total. The summed E-state index contributed by atoms with van der Waals surface area (Å²) in [5, 5.41) is 9.10. The van der Waals surface area contributed by atoms with Crippen LogP contribution in [0.25, 0.3) is 0 Å². The number of aliphatic hydroxyl groups is 1. The molecular weight excluding hydrogens is 297 g/mol. The van der Waals surface area contributed by atoms with Gasteiger partial charge in [0.05, 0.1) is 12.5 Å². The second-order valence-electron chi connectivity index (χ2n) is 6.35. The predicted molar refractivity (Wildman–Crippen MR) is 76.3 cm³/mol. The third kappa shape index (κ3) is 4.59. The van der Waals surface area contributed by atoms with Gasteiger partial charge in [0.25, 0.3) is 0 Å². The molecule has 2 fully saturated rings. The maximum atomic E-state index is 12.8. The maximum absolute atomic E-state index is 12.8. The SMILES string of the molecule is O=C(CN1CCCCC1CCO)N1CCCC(C(F)(F)F)C1. The normalized spacial score (nSPS) is 27.9. The van der Waals surface area contributed by atoms with Gasteiger partial charge in [-0.05, 0) is 38.6 Å². The lowest BCUT2D eigenvalue weighted by Gasteiger charge is -2.38. The standard InChI is InChI=1S/C15H25F3N2O2/c16-15(17,18)12-4-3-8-20(10-12)14(22)11-19-7-2-1-5-13(19)6-9-21/h12-13,21H,1-11H2. The van der Waals surface area contributed by atoms with Crippen LogP contribution in [0.3, 0.4) is 0 Å². The molecule has 0 aromatic carbocycles. The zero-order valence-corrected chi connectivity index (χ0v) is 12.8. The van der Waals surface area contributed by atoms with Gasteiger partial charge in [0.2, 0.25) is 5.91 Å². The average Bonchev–Trinajstić information content (AvgIpc) is 2.49. The molecule has 0 aromatic heterocycles. The molecule has 0 radical (unpaired) electrons. The first kappa shape index (κ1) is 17.5. The van der Waals surface area contributed by atoms with Gasteiger partial charge >= 0.3 is 6.18 Å². The van der Waals surface area contributed by atoms with E-state index in [1.807, 2.05) is 4.90 Å². The number of likely N-dealkylation sites (tertiary alicyclic amines) is 2. The Morgan fingerprint density at radius 2 is 1.91 bits per heavy atom. The molecule has 22 heavy (non-hydrogen) atoms. The van der Waals surface area contributed by atoms with Crippen molar-refractivity contribution in [2.75, 3.05) is 32.8 Å². The minimum atomic E-state index is -4.22. The number of carbonyl (C=O) groups is 1. The van der Waals surface area contributed by atoms with E-state index in [-0.39, 0.29) is 38.1 Å². The smallest absolute Gasteiger partial charge is 0.393 e. The molecule has 2 saturated heterocycles. The summed E-state index contributed by atoms with van der Waals surface area (Å²) in [5.41, 5.74) is 0. The highest BCUT2D eigenvalue weighted by Crippen LogP contribution is 2.33. The van der Waals surface area contributed by atoms with Crippen LogP contribution >= 0.6 is 0 Å². The van der Waals surface area contributed by atoms with Crippen LogP contribution in [-0.4, -0.2) is 65.8 Å². The minimum absolute atomic E-state index is 0.0786. The number of amides is 1. The third-order valence-electron chi connectivity index (χ3n) is 4.79. The molecule has 0 bridgehead atoms. The quantitative estimate of drug-likeness (QED) is 0.861. The van der Waals surface area contributed by atoms with E-state index in [0.717, 1.165) is 25.8 Å².